The van der Waals surface area contributed by atoms with Crippen molar-refractivity contribution >= 4 is 159 Å². The van der Waals surface area contributed by atoms with Gasteiger partial charge in [0.2, 0.25) is 35.1 Å². The molecule has 0 bridgehead atoms. The molecule has 0 fully saturated rings. The summed E-state index contributed by atoms with van der Waals surface area (Å²) in [5.41, 5.74) is 32.1. The molecular formula is C80H112Cl2N44O14Pt3-6. The van der Waals surface area contributed by atoms with E-state index in [1.807, 2.05) is 17.8 Å². The van der Waals surface area contributed by atoms with Crippen LogP contribution in [0.1, 0.15) is 146 Å². The Bertz CT molecular complexity index is 6360. The molecule has 12 heterocycles. The van der Waals surface area contributed by atoms with Crippen molar-refractivity contribution in [3.8, 4) is 0 Å². The number of amides is 14. The van der Waals surface area contributed by atoms with Gasteiger partial charge in [-0.2, -0.15) is 0 Å². The maximum Gasteiger partial charge on any atom is 4.00 e. The Hall–Kier alpha value is -14.3. The molecule has 14 amide bonds. The van der Waals surface area contributed by atoms with Crippen LogP contribution >= 0.6 is 18.8 Å². The van der Waals surface area contributed by atoms with E-state index in [1.54, 1.807) is 173 Å². The zero-order chi connectivity index (χ0) is 100. The number of halogens is 2. The van der Waals surface area contributed by atoms with E-state index in [1.165, 1.54) is 123 Å². The normalized spacial score (nSPS) is 10.5. The van der Waals surface area contributed by atoms with Crippen LogP contribution in [0.5, 0.6) is 0 Å². The van der Waals surface area contributed by atoms with Gasteiger partial charge >= 0.3 is 77.4 Å². The first kappa shape index (κ1) is 127. The molecule has 0 radical (unpaired) electrons. The number of imidazole rings is 6. The summed E-state index contributed by atoms with van der Waals surface area (Å²) in [6.07, 6.45) is 21.8. The van der Waals surface area contributed by atoms with Gasteiger partial charge in [-0.05, 0) is 56.3 Å². The summed E-state index contributed by atoms with van der Waals surface area (Å²) in [6, 6.07) is 8.35. The van der Waals surface area contributed by atoms with Gasteiger partial charge in [-0.1, -0.05) is 26.9 Å². The number of nitrogens with zero attached hydrogens (tertiary/aromatic N) is 18. The minimum absolute atomic E-state index is 0. The van der Waals surface area contributed by atoms with Gasteiger partial charge in [0, 0.05) is 184 Å². The van der Waals surface area contributed by atoms with Crippen LogP contribution < -0.4 is 85.1 Å². The van der Waals surface area contributed by atoms with E-state index < -0.39 is 82.8 Å². The van der Waals surface area contributed by atoms with Crippen LogP contribution in [0.4, 0.5) is 57.4 Å². The first-order chi connectivity index (χ1) is 64.8. The van der Waals surface area contributed by atoms with Gasteiger partial charge in [-0.15, -0.1) is 6.67 Å². The number of aryl methyl sites for hydroxylation is 11. The van der Waals surface area contributed by atoms with Crippen molar-refractivity contribution < 1.29 is 126 Å². The Morgan fingerprint density at radius 2 is 0.643 bits per heavy atom. The number of hydrogen-bond donors (Lipinski definition) is 16. The summed E-state index contributed by atoms with van der Waals surface area (Å²) >= 11 is 3.22. The molecule has 786 valence electrons. The standard InChI is InChI=1S/C39H47N19O7.C39H46N17O7.C2H7N2.2ClH.6H2N.3Pt/c1-53-10-9-42-30(53)38(64)51-29-18-58(6)32(50-29)39(65)52-28-17-57(5)31(49-28)37(63)43-8-7-24(44-19-40)33(59)46-21-12-26(55(3)14-21)35(61)48-23-13-27(56(4)16-23)36(62)47-22-11-25(54(2)15-22)34(60)45-20-41;1-21(33(57)45-23-12-26(52(3)16-23)36(60)46-24-13-25(53(4)17-24)35(59)44-22-9-11-51(2)15-22)8-10-41-37(61)31-47-28(18-54(31)5)50-39(63)32-48-29(19-55(32)6)49-38(62)30-42-14-27(56(30)7)34(58)43-20-40;1-4-2-3;;;;;;;;;;;/h9-18,24,40-41,44H,7-8,19-20H2,1-6H3,(H,43,63)(H,45,60)(H,46,59)(H,47,62)(H,48,61)(H,51,64)(H,52,65);9,11-19,21,40H,8,10,20H2,1-7H3,(H,41,61)(H,43,58)(H,44,59)(H,45,57)(H,46,60)(H,49,62)(H,50,63);3-4H,2H2,1H3;2*1H;6*1H2;;;/q-2;2*-1;;;6*-1;2*+1;+4/p-2. The van der Waals surface area contributed by atoms with Crippen molar-refractivity contribution in [3.05, 3.63) is 252 Å². The zero-order valence-corrected chi connectivity index (χ0v) is 87.6. The fourth-order valence-electron chi connectivity index (χ4n) is 13.0. The molecule has 0 saturated heterocycles. The van der Waals surface area contributed by atoms with Crippen LogP contribution in [-0.2, 0) is 153 Å². The SMILES string of the molecule is CC(CCNC(=O)c1nc(NC(=O)c2nc(NC(=O)c3ncc(C(=O)NC[NH-])n3C)cn2C)cn1C)C(=O)Nc1cc(C(=O)Nc2cc(C(=O)Nc3ccn(C)c3)n(C)c2)n(C)c1.CNC[NH-].Cn1cc(NC(=O)c2cc(NC(=O)c3cc(NC(=O)C(CCNC(=O)c4nc(NC(=O)c5nc(NC(=O)c6nccn6C)cn5C)cn4C)NC[NH-])cn3C)cn2C)cc1C(=O)NC[NH-].[Cl][Pt].[Cl][Pt].[NH2-].[NH2-].[NH2-].[NH2-].[NH2-].[NH2-].[Pt+4]. The fraction of sp³-hybridized carbons (Fsp3) is 0.300. The number of nitrogens with two attached hydrogens (primary N) is 6. The van der Waals surface area contributed by atoms with Crippen molar-refractivity contribution in [2.24, 2.45) is 90.5 Å². The van der Waals surface area contributed by atoms with Crippen LogP contribution in [0.15, 0.2) is 123 Å². The summed E-state index contributed by atoms with van der Waals surface area (Å²) in [5.74, 6) is -7.85. The van der Waals surface area contributed by atoms with Gasteiger partial charge < -0.3 is 200 Å². The van der Waals surface area contributed by atoms with E-state index in [9.17, 15) is 67.1 Å². The largest absolute Gasteiger partial charge is 4.00 e. The Kier molecular flexibility index (Phi) is 52.7. The van der Waals surface area contributed by atoms with Gasteiger partial charge in [0.1, 0.15) is 34.2 Å². The molecule has 0 spiro atoms. The molecule has 0 saturated carbocycles. The first-order valence-corrected chi connectivity index (χ1v) is 45.9. The maximum atomic E-state index is 13.3. The Morgan fingerprint density at radius 1 is 0.329 bits per heavy atom. The molecule has 2 unspecified atom stereocenters. The average molecular weight is 2570 g/mol. The number of carbonyl (C=O) groups excluding carboxylic acids is 14. The quantitative estimate of drug-likeness (QED) is 0.0176. The molecular weight excluding hydrogens is 2460 g/mol. The molecule has 32 N–H and O–H groups in total. The number of carbonyl (C=O) groups is 14. The summed E-state index contributed by atoms with van der Waals surface area (Å²) in [4.78, 5) is 206. The van der Waals surface area contributed by atoms with Gasteiger partial charge in [-0.3, -0.25) is 67.1 Å². The molecule has 143 heavy (non-hydrogen) atoms. The third-order valence-electron chi connectivity index (χ3n) is 19.7. The maximum absolute atomic E-state index is 13.3. The van der Waals surface area contributed by atoms with Gasteiger partial charge in [0.25, 0.3) is 70.9 Å². The number of rotatable bonds is 35. The van der Waals surface area contributed by atoms with Crippen molar-refractivity contribution in [3.63, 3.8) is 0 Å². The van der Waals surface area contributed by atoms with Crippen molar-refractivity contribution in [1.82, 2.24) is 117 Å². The smallest absolute Gasteiger partial charge is 0.693 e. The molecule has 2 atom stereocenters. The summed E-state index contributed by atoms with van der Waals surface area (Å²) in [5, 5.41) is 42.4. The van der Waals surface area contributed by atoms with Gasteiger partial charge in [0.15, 0.2) is 34.9 Å². The molecule has 0 aliphatic carbocycles. The zero-order valence-electron chi connectivity index (χ0n) is 79.3. The number of aromatic nitrogens is 18. The molecule has 12 aromatic rings. The second-order valence-electron chi connectivity index (χ2n) is 29.8. The molecule has 12 aromatic heterocycles. The van der Waals surface area contributed by atoms with E-state index in [0.717, 1.165) is 0 Å². The van der Waals surface area contributed by atoms with Gasteiger partial charge in [0.05, 0.1) is 46.4 Å². The third kappa shape index (κ3) is 34.0. The van der Waals surface area contributed by atoms with Gasteiger partial charge in [-0.25, -0.2) is 29.9 Å². The Morgan fingerprint density at radius 3 is 0.972 bits per heavy atom. The molecule has 0 aliphatic heterocycles. The predicted octanol–water partition coefficient (Wildman–Crippen LogP) is 9.31. The molecule has 0 aliphatic rings. The monoisotopic (exact) mass is 2570 g/mol. The van der Waals surface area contributed by atoms with E-state index in [0.29, 0.717) is 40.8 Å². The van der Waals surface area contributed by atoms with Crippen molar-refractivity contribution in [2.45, 2.75) is 25.8 Å². The van der Waals surface area contributed by atoms with Crippen LogP contribution in [0.25, 0.3) is 59.8 Å². The number of nitrogens with one attached hydrogen (secondary N) is 20. The number of anilines is 10. The van der Waals surface area contributed by atoms with Crippen LogP contribution in [0.2, 0.25) is 0 Å². The fourth-order valence-corrected chi connectivity index (χ4v) is 13.0. The second kappa shape index (κ2) is 59.4. The number of hydrogen-bond acceptors (Lipinski definition) is 22. The van der Waals surface area contributed by atoms with Crippen LogP contribution in [0, 0.1) is 5.92 Å². The van der Waals surface area contributed by atoms with E-state index in [4.69, 9.17) is 22.9 Å². The van der Waals surface area contributed by atoms with Crippen molar-refractivity contribution in [1.29, 1.82) is 0 Å². The first-order valence-electron chi connectivity index (χ1n) is 40.3. The second-order valence-corrected chi connectivity index (χ2v) is 29.8. The minimum Gasteiger partial charge on any atom is -0.693 e. The van der Waals surface area contributed by atoms with Crippen LogP contribution in [-0.4, -0.2) is 220 Å². The minimum atomic E-state index is -0.922. The predicted molar refractivity (Wildman–Crippen MR) is 527 cm³/mol. The van der Waals surface area contributed by atoms with E-state index in [-0.39, 0.29) is 208 Å². The third-order valence-corrected chi connectivity index (χ3v) is 19.7. The molecule has 12 rings (SSSR count). The van der Waals surface area contributed by atoms with E-state index >= 15 is 0 Å². The van der Waals surface area contributed by atoms with E-state index in [2.05, 4.69) is 134 Å². The Labute approximate surface area is 863 Å². The van der Waals surface area contributed by atoms with Crippen molar-refractivity contribution in [2.75, 3.05) is 100.0 Å². The summed E-state index contributed by atoms with van der Waals surface area (Å²) < 4.78 is 17.9. The molecule has 0 aromatic carbocycles. The summed E-state index contributed by atoms with van der Waals surface area (Å²) in [6.45, 7) is 1.18. The topological polar surface area (TPSA) is 864 Å². The Balaban J connectivity index is 0.00000127. The molecule has 58 nitrogen and oxygen atoms in total. The van der Waals surface area contributed by atoms with Crippen LogP contribution in [0.3, 0.4) is 0 Å². The summed E-state index contributed by atoms with van der Waals surface area (Å²) in [7, 11) is 30.4. The molecule has 63 heteroatoms. The average Bonchev–Trinajstić information content (AvgIpc) is 1.67.